The molecule has 4 nitrogen and oxygen atoms in total. The minimum absolute atomic E-state index is 0.286. The number of allylic oxidation sites excluding steroid dienone is 1. The summed E-state index contributed by atoms with van der Waals surface area (Å²) in [6.45, 7) is 0. The molecule has 1 heterocycles. The van der Waals surface area contributed by atoms with E-state index in [2.05, 4.69) is 65.2 Å². The molecule has 0 unspecified atom stereocenters. The summed E-state index contributed by atoms with van der Waals surface area (Å²) in [5.41, 5.74) is 12.6. The van der Waals surface area contributed by atoms with Crippen LogP contribution in [0.15, 0.2) is 103 Å². The van der Waals surface area contributed by atoms with Gasteiger partial charge in [-0.05, 0) is 48.0 Å². The van der Waals surface area contributed by atoms with Gasteiger partial charge in [0, 0.05) is 27.7 Å². The van der Waals surface area contributed by atoms with Crippen molar-refractivity contribution in [2.24, 2.45) is 0 Å². The first-order chi connectivity index (χ1) is 15.6. The molecular formula is C28H22N4. The first-order valence-electron chi connectivity index (χ1n) is 10.4. The molecule has 4 heteroatoms. The molecular weight excluding hydrogens is 392 g/mol. The normalized spacial score (nSPS) is 12.5. The number of fused-ring (bicyclic) bond motifs is 4. The van der Waals surface area contributed by atoms with Gasteiger partial charge in [-0.25, -0.2) is 0 Å². The lowest BCUT2D eigenvalue weighted by Crippen LogP contribution is -2.15. The van der Waals surface area contributed by atoms with Gasteiger partial charge in [0.1, 0.15) is 0 Å². The molecule has 1 aliphatic carbocycles. The highest BCUT2D eigenvalue weighted by molar-refractivity contribution is 6.52. The summed E-state index contributed by atoms with van der Waals surface area (Å²) in [7, 11) is 0. The van der Waals surface area contributed by atoms with E-state index in [1.165, 1.54) is 21.8 Å². The van der Waals surface area contributed by atoms with Gasteiger partial charge < -0.3 is 10.3 Å². The zero-order valence-electron chi connectivity index (χ0n) is 17.4. The summed E-state index contributed by atoms with van der Waals surface area (Å²) in [6.07, 6.45) is 3.53. The van der Waals surface area contributed by atoms with Crippen molar-refractivity contribution in [3.05, 3.63) is 114 Å². The van der Waals surface area contributed by atoms with Crippen LogP contribution in [-0.2, 0) is 0 Å². The van der Waals surface area contributed by atoms with E-state index in [0.29, 0.717) is 5.71 Å². The number of para-hydroxylation sites is 2. The molecule has 0 spiro atoms. The lowest BCUT2D eigenvalue weighted by Gasteiger charge is -2.10. The van der Waals surface area contributed by atoms with Crippen molar-refractivity contribution < 1.29 is 0 Å². The first kappa shape index (κ1) is 19.5. The van der Waals surface area contributed by atoms with Gasteiger partial charge in [0.25, 0.3) is 0 Å². The monoisotopic (exact) mass is 414 g/mol. The topological polar surface area (TPSA) is 78.7 Å². The number of rotatable bonds is 1. The van der Waals surface area contributed by atoms with Crippen molar-refractivity contribution in [2.75, 3.05) is 5.73 Å². The van der Waals surface area contributed by atoms with Gasteiger partial charge >= 0.3 is 0 Å². The molecule has 0 bridgehead atoms. The fourth-order valence-electron chi connectivity index (χ4n) is 4.10. The van der Waals surface area contributed by atoms with Crippen LogP contribution in [0, 0.1) is 10.8 Å². The average Bonchev–Trinajstić information content (AvgIpc) is 3.17. The number of hydrogen-bond donors (Lipinski definition) is 3. The minimum atomic E-state index is 0.286. The number of nitrogen functional groups attached to an aromatic ring is 1. The Bertz CT molecular complexity index is 1450. The maximum absolute atomic E-state index is 7.60. The largest absolute Gasteiger partial charge is 0.399 e. The van der Waals surface area contributed by atoms with E-state index in [9.17, 15) is 0 Å². The summed E-state index contributed by atoms with van der Waals surface area (Å²) < 4.78 is 2.28. The second kappa shape index (κ2) is 8.00. The van der Waals surface area contributed by atoms with Crippen LogP contribution < -0.4 is 5.73 Å². The van der Waals surface area contributed by atoms with Crippen LogP contribution in [0.3, 0.4) is 0 Å². The number of aromatic nitrogens is 1. The van der Waals surface area contributed by atoms with Crippen molar-refractivity contribution in [3.8, 4) is 5.69 Å². The zero-order valence-corrected chi connectivity index (χ0v) is 17.4. The van der Waals surface area contributed by atoms with Crippen LogP contribution in [0.2, 0.25) is 0 Å². The highest BCUT2D eigenvalue weighted by Gasteiger charge is 2.12. The molecule has 0 atom stereocenters. The molecule has 4 N–H and O–H groups in total. The molecule has 1 aliphatic rings. The Kier molecular flexibility index (Phi) is 4.88. The van der Waals surface area contributed by atoms with Gasteiger partial charge in [0.2, 0.25) is 0 Å². The predicted molar refractivity (Wildman–Crippen MR) is 135 cm³/mol. The Morgan fingerprint density at radius 1 is 0.594 bits per heavy atom. The number of nitrogens with one attached hydrogen (secondary N) is 2. The SMILES string of the molecule is N=C1C=Cc2ccccc2C1=N.Nc1ccc(-n2c3ccccc3c3ccccc32)cc1. The summed E-state index contributed by atoms with van der Waals surface area (Å²) in [6, 6.07) is 32.6. The Morgan fingerprint density at radius 2 is 1.16 bits per heavy atom. The molecule has 6 rings (SSSR count). The van der Waals surface area contributed by atoms with Gasteiger partial charge in [-0.2, -0.15) is 0 Å². The van der Waals surface area contributed by atoms with Crippen LogP contribution >= 0.6 is 0 Å². The Balaban J connectivity index is 0.000000154. The molecule has 0 radical (unpaired) electrons. The number of anilines is 1. The number of nitrogens with two attached hydrogens (primary N) is 1. The van der Waals surface area contributed by atoms with Crippen molar-refractivity contribution in [3.63, 3.8) is 0 Å². The van der Waals surface area contributed by atoms with E-state index < -0.39 is 0 Å². The lowest BCUT2D eigenvalue weighted by molar-refractivity contribution is 1.18. The highest BCUT2D eigenvalue weighted by atomic mass is 15.0. The van der Waals surface area contributed by atoms with Crippen LogP contribution in [0.1, 0.15) is 11.1 Å². The quantitative estimate of drug-likeness (QED) is 0.270. The van der Waals surface area contributed by atoms with E-state index >= 15 is 0 Å². The van der Waals surface area contributed by atoms with Crippen LogP contribution in [0.5, 0.6) is 0 Å². The predicted octanol–water partition coefficient (Wildman–Crippen LogP) is 6.47. The number of nitrogens with zero attached hydrogens (tertiary/aromatic N) is 1. The molecule has 0 fully saturated rings. The lowest BCUT2D eigenvalue weighted by atomic mass is 9.94. The van der Waals surface area contributed by atoms with E-state index in [1.54, 1.807) is 6.08 Å². The van der Waals surface area contributed by atoms with Crippen molar-refractivity contribution in [1.82, 2.24) is 4.57 Å². The van der Waals surface area contributed by atoms with Gasteiger partial charge in [0.15, 0.2) is 0 Å². The van der Waals surface area contributed by atoms with E-state index in [-0.39, 0.29) is 5.71 Å². The maximum Gasteiger partial charge on any atom is 0.0867 e. The van der Waals surface area contributed by atoms with Crippen LogP contribution in [-0.4, -0.2) is 16.0 Å². The molecule has 0 aliphatic heterocycles. The summed E-state index contributed by atoms with van der Waals surface area (Å²) in [4.78, 5) is 0. The van der Waals surface area contributed by atoms with Crippen molar-refractivity contribution in [2.45, 2.75) is 0 Å². The maximum atomic E-state index is 7.60. The van der Waals surface area contributed by atoms with Gasteiger partial charge in [0.05, 0.1) is 22.5 Å². The average molecular weight is 415 g/mol. The van der Waals surface area contributed by atoms with Gasteiger partial charge in [-0.3, -0.25) is 10.8 Å². The molecule has 4 aromatic carbocycles. The molecule has 154 valence electrons. The smallest absolute Gasteiger partial charge is 0.0867 e. The number of benzene rings is 4. The summed E-state index contributed by atoms with van der Waals surface area (Å²) in [5.74, 6) is 0. The van der Waals surface area contributed by atoms with Crippen LogP contribution in [0.4, 0.5) is 5.69 Å². The third-order valence-corrected chi connectivity index (χ3v) is 5.66. The molecule has 32 heavy (non-hydrogen) atoms. The van der Waals surface area contributed by atoms with E-state index in [0.717, 1.165) is 22.5 Å². The first-order valence-corrected chi connectivity index (χ1v) is 10.4. The zero-order chi connectivity index (χ0) is 22.1. The summed E-state index contributed by atoms with van der Waals surface area (Å²) in [5, 5.41) is 17.6. The second-order valence-electron chi connectivity index (χ2n) is 7.67. The highest BCUT2D eigenvalue weighted by Crippen LogP contribution is 2.31. The Morgan fingerprint density at radius 3 is 1.81 bits per heavy atom. The van der Waals surface area contributed by atoms with Crippen molar-refractivity contribution in [1.29, 1.82) is 10.8 Å². The van der Waals surface area contributed by atoms with Crippen LogP contribution in [0.25, 0.3) is 33.6 Å². The fourth-order valence-corrected chi connectivity index (χ4v) is 4.10. The van der Waals surface area contributed by atoms with E-state index in [4.69, 9.17) is 16.6 Å². The molecule has 1 aromatic heterocycles. The molecule has 0 amide bonds. The van der Waals surface area contributed by atoms with Gasteiger partial charge in [-0.1, -0.05) is 66.7 Å². The Labute approximate surface area is 186 Å². The molecule has 5 aromatic rings. The third kappa shape index (κ3) is 3.38. The summed E-state index contributed by atoms with van der Waals surface area (Å²) >= 11 is 0. The van der Waals surface area contributed by atoms with E-state index in [1.807, 2.05) is 42.5 Å². The minimum Gasteiger partial charge on any atom is -0.399 e. The standard InChI is InChI=1S/C18H14N2.C10H8N2/c19-13-9-11-14(12-10-13)20-17-7-3-1-5-15(17)16-6-2-4-8-18(16)20;11-9-6-5-7-3-1-2-4-8(7)10(9)12/h1-12H,19H2;1-6,11-12H. The Hall–Kier alpha value is -4.44. The van der Waals surface area contributed by atoms with Crippen molar-refractivity contribution >= 4 is 45.0 Å². The second-order valence-corrected chi connectivity index (χ2v) is 7.67. The third-order valence-electron chi connectivity index (χ3n) is 5.66. The fraction of sp³-hybridized carbons (Fsp3) is 0. The molecule has 0 saturated heterocycles. The number of hydrogen-bond acceptors (Lipinski definition) is 3. The molecule has 0 saturated carbocycles. The van der Waals surface area contributed by atoms with Gasteiger partial charge in [-0.15, -0.1) is 0 Å².